The molecular weight excluding hydrogens is 276 g/mol. The molecule has 1 aromatic carbocycles. The molecule has 4 nitrogen and oxygen atoms in total. The van der Waals surface area contributed by atoms with Crippen molar-refractivity contribution in [2.45, 2.75) is 13.8 Å². The zero-order valence-electron chi connectivity index (χ0n) is 13.9. The Balaban J connectivity index is 1.73. The molecule has 0 N–H and O–H groups in total. The van der Waals surface area contributed by atoms with Gasteiger partial charge in [0.15, 0.2) is 11.5 Å². The summed E-state index contributed by atoms with van der Waals surface area (Å²) in [6.07, 6.45) is 0. The summed E-state index contributed by atoms with van der Waals surface area (Å²) >= 11 is 0. The Kier molecular flexibility index (Phi) is 6.57. The second-order valence-electron chi connectivity index (χ2n) is 5.51. The first kappa shape index (κ1) is 16.7. The Labute approximate surface area is 134 Å². The van der Waals surface area contributed by atoms with Crippen LogP contribution < -0.4 is 9.47 Å². The molecule has 1 heterocycles. The number of aryl methyl sites for hydroxylation is 1. The van der Waals surface area contributed by atoms with E-state index in [-0.39, 0.29) is 0 Å². The molecule has 4 heteroatoms. The molecular formula is C18H26N2O2. The summed E-state index contributed by atoms with van der Waals surface area (Å²) < 4.78 is 11.0. The maximum atomic E-state index is 5.68. The molecule has 1 aliphatic heterocycles. The second-order valence-corrected chi connectivity index (χ2v) is 5.51. The summed E-state index contributed by atoms with van der Waals surface area (Å²) in [4.78, 5) is 4.86. The number of methoxy groups -OCH3 is 1. The Morgan fingerprint density at radius 1 is 1.05 bits per heavy atom. The number of benzene rings is 1. The smallest absolute Gasteiger partial charge is 0.162 e. The van der Waals surface area contributed by atoms with Crippen LogP contribution in [0.25, 0.3) is 0 Å². The Hall–Kier alpha value is -1.70. The number of nitrogens with zero attached hydrogens (tertiary/aromatic N) is 2. The van der Waals surface area contributed by atoms with Crippen molar-refractivity contribution in [3.8, 4) is 23.3 Å². The van der Waals surface area contributed by atoms with Crippen LogP contribution in [0.5, 0.6) is 11.5 Å². The van der Waals surface area contributed by atoms with Crippen molar-refractivity contribution >= 4 is 0 Å². The van der Waals surface area contributed by atoms with E-state index in [1.165, 1.54) is 0 Å². The topological polar surface area (TPSA) is 24.9 Å². The standard InChI is InChI=1S/C18H26N2O2/c1-4-19-10-12-20(13-11-19)9-5-6-14-22-17-8-7-16(2)15-18(17)21-3/h7-8,15H,4,9-14H2,1-3H3. The van der Waals surface area contributed by atoms with Crippen LogP contribution in [0, 0.1) is 18.8 Å². The molecule has 0 amide bonds. The highest BCUT2D eigenvalue weighted by molar-refractivity contribution is 5.42. The van der Waals surface area contributed by atoms with E-state index in [0.717, 1.165) is 56.3 Å². The third kappa shape index (κ3) is 4.94. The quantitative estimate of drug-likeness (QED) is 0.777. The van der Waals surface area contributed by atoms with E-state index >= 15 is 0 Å². The van der Waals surface area contributed by atoms with E-state index in [1.807, 2.05) is 25.1 Å². The molecule has 0 saturated carbocycles. The molecule has 0 atom stereocenters. The minimum atomic E-state index is 0.397. The van der Waals surface area contributed by atoms with Crippen molar-refractivity contribution in [3.05, 3.63) is 23.8 Å². The SMILES string of the molecule is CCN1CCN(CC#CCOc2ccc(C)cc2OC)CC1. The maximum absolute atomic E-state index is 5.68. The van der Waals surface area contributed by atoms with E-state index in [9.17, 15) is 0 Å². The van der Waals surface area contributed by atoms with Gasteiger partial charge in [-0.1, -0.05) is 24.8 Å². The number of ether oxygens (including phenoxy) is 2. The van der Waals surface area contributed by atoms with E-state index in [1.54, 1.807) is 7.11 Å². The lowest BCUT2D eigenvalue weighted by Gasteiger charge is -2.32. The zero-order valence-corrected chi connectivity index (χ0v) is 13.9. The summed E-state index contributed by atoms with van der Waals surface area (Å²) in [6.45, 7) is 11.1. The van der Waals surface area contributed by atoms with Crippen LogP contribution in [0.4, 0.5) is 0 Å². The number of piperazine rings is 1. The van der Waals surface area contributed by atoms with Crippen molar-refractivity contribution in [1.29, 1.82) is 0 Å². The zero-order chi connectivity index (χ0) is 15.8. The number of hydrogen-bond acceptors (Lipinski definition) is 4. The first-order valence-electron chi connectivity index (χ1n) is 7.90. The first-order chi connectivity index (χ1) is 10.7. The summed E-state index contributed by atoms with van der Waals surface area (Å²) in [5, 5.41) is 0. The van der Waals surface area contributed by atoms with Gasteiger partial charge in [-0.3, -0.25) is 4.90 Å². The van der Waals surface area contributed by atoms with Gasteiger partial charge in [0.05, 0.1) is 13.7 Å². The summed E-state index contributed by atoms with van der Waals surface area (Å²) in [5.41, 5.74) is 1.15. The van der Waals surface area contributed by atoms with Gasteiger partial charge in [0.25, 0.3) is 0 Å². The average Bonchev–Trinajstić information content (AvgIpc) is 2.56. The molecule has 0 spiro atoms. The molecule has 120 valence electrons. The second kappa shape index (κ2) is 8.67. The average molecular weight is 302 g/mol. The number of likely N-dealkylation sites (N-methyl/N-ethyl adjacent to an activating group) is 1. The lowest BCUT2D eigenvalue weighted by Crippen LogP contribution is -2.46. The van der Waals surface area contributed by atoms with Crippen LogP contribution in [-0.2, 0) is 0 Å². The molecule has 0 bridgehead atoms. The van der Waals surface area contributed by atoms with Crippen molar-refractivity contribution in [3.63, 3.8) is 0 Å². The molecule has 1 fully saturated rings. The maximum Gasteiger partial charge on any atom is 0.162 e. The monoisotopic (exact) mass is 302 g/mol. The fourth-order valence-electron chi connectivity index (χ4n) is 2.49. The summed E-state index contributed by atoms with van der Waals surface area (Å²) in [6, 6.07) is 5.91. The fourth-order valence-corrected chi connectivity index (χ4v) is 2.49. The van der Waals surface area contributed by atoms with E-state index in [0.29, 0.717) is 6.61 Å². The first-order valence-corrected chi connectivity index (χ1v) is 7.90. The van der Waals surface area contributed by atoms with Gasteiger partial charge >= 0.3 is 0 Å². The van der Waals surface area contributed by atoms with Gasteiger partial charge in [0, 0.05) is 26.2 Å². The summed E-state index contributed by atoms with van der Waals surface area (Å²) in [5.74, 6) is 7.80. The van der Waals surface area contributed by atoms with Gasteiger partial charge < -0.3 is 14.4 Å². The van der Waals surface area contributed by atoms with Crippen molar-refractivity contribution in [2.24, 2.45) is 0 Å². The van der Waals surface area contributed by atoms with Crippen LogP contribution in [0.15, 0.2) is 18.2 Å². The number of hydrogen-bond donors (Lipinski definition) is 0. The highest BCUT2D eigenvalue weighted by atomic mass is 16.5. The van der Waals surface area contributed by atoms with E-state index < -0.39 is 0 Å². The predicted molar refractivity (Wildman–Crippen MR) is 89.6 cm³/mol. The van der Waals surface area contributed by atoms with Gasteiger partial charge in [-0.25, -0.2) is 0 Å². The highest BCUT2D eigenvalue weighted by Gasteiger charge is 2.13. The largest absolute Gasteiger partial charge is 0.493 e. The molecule has 0 aromatic heterocycles. The van der Waals surface area contributed by atoms with Gasteiger partial charge in [0.2, 0.25) is 0 Å². The molecule has 0 unspecified atom stereocenters. The lowest BCUT2D eigenvalue weighted by molar-refractivity contribution is 0.149. The molecule has 1 saturated heterocycles. The van der Waals surface area contributed by atoms with Crippen molar-refractivity contribution in [2.75, 3.05) is 53.0 Å². The molecule has 1 aliphatic rings. The van der Waals surface area contributed by atoms with Gasteiger partial charge in [-0.05, 0) is 31.2 Å². The van der Waals surface area contributed by atoms with Crippen molar-refractivity contribution in [1.82, 2.24) is 9.80 Å². The van der Waals surface area contributed by atoms with Gasteiger partial charge in [-0.2, -0.15) is 0 Å². The van der Waals surface area contributed by atoms with Crippen LogP contribution in [0.2, 0.25) is 0 Å². The van der Waals surface area contributed by atoms with E-state index in [4.69, 9.17) is 9.47 Å². The normalized spacial score (nSPS) is 16.0. The van der Waals surface area contributed by atoms with Crippen LogP contribution in [0.3, 0.4) is 0 Å². The molecule has 0 radical (unpaired) electrons. The fraction of sp³-hybridized carbons (Fsp3) is 0.556. The highest BCUT2D eigenvalue weighted by Crippen LogP contribution is 2.27. The minimum Gasteiger partial charge on any atom is -0.493 e. The molecule has 0 aliphatic carbocycles. The van der Waals surface area contributed by atoms with Crippen LogP contribution >= 0.6 is 0 Å². The van der Waals surface area contributed by atoms with Crippen molar-refractivity contribution < 1.29 is 9.47 Å². The predicted octanol–water partition coefficient (Wildman–Crippen LogP) is 2.02. The third-order valence-corrected chi connectivity index (χ3v) is 3.96. The molecule has 22 heavy (non-hydrogen) atoms. The Morgan fingerprint density at radius 3 is 2.45 bits per heavy atom. The Morgan fingerprint density at radius 2 is 1.77 bits per heavy atom. The molecule has 2 rings (SSSR count). The Bertz CT molecular complexity index is 526. The molecule has 1 aromatic rings. The lowest BCUT2D eigenvalue weighted by atomic mass is 10.2. The minimum absolute atomic E-state index is 0.397. The van der Waals surface area contributed by atoms with Gasteiger partial charge in [0.1, 0.15) is 6.61 Å². The number of rotatable bonds is 5. The van der Waals surface area contributed by atoms with Crippen LogP contribution in [-0.4, -0.2) is 62.8 Å². The third-order valence-electron chi connectivity index (χ3n) is 3.96. The van der Waals surface area contributed by atoms with Gasteiger partial charge in [-0.15, -0.1) is 0 Å². The van der Waals surface area contributed by atoms with E-state index in [2.05, 4.69) is 28.6 Å². The van der Waals surface area contributed by atoms with Crippen LogP contribution in [0.1, 0.15) is 12.5 Å². The summed E-state index contributed by atoms with van der Waals surface area (Å²) in [7, 11) is 1.66.